The van der Waals surface area contributed by atoms with Crippen LogP contribution in [0.25, 0.3) is 0 Å². The zero-order chi connectivity index (χ0) is 35.6. The Labute approximate surface area is 298 Å². The van der Waals surface area contributed by atoms with Gasteiger partial charge in [0.25, 0.3) is 11.6 Å². The number of benzene rings is 3. The van der Waals surface area contributed by atoms with Crippen molar-refractivity contribution >= 4 is 63.9 Å². The monoisotopic (exact) mass is 726 g/mol. The molecule has 4 aromatic rings. The van der Waals surface area contributed by atoms with Gasteiger partial charge < -0.3 is 19.8 Å². The lowest BCUT2D eigenvalue weighted by Crippen LogP contribution is -2.42. The first-order chi connectivity index (χ1) is 24.6. The minimum atomic E-state index is -0.534. The molecule has 0 radical (unpaired) electrons. The molecule has 2 saturated carbocycles. The molecule has 1 saturated heterocycles. The quantitative estimate of drug-likeness (QED) is 0.101. The van der Waals surface area contributed by atoms with Gasteiger partial charge in [0.2, 0.25) is 11.8 Å². The summed E-state index contributed by atoms with van der Waals surface area (Å²) in [4.78, 5) is 80.8. The molecule has 2 aliphatic heterocycles. The number of hydrogen-bond donors (Lipinski definition) is 2. The van der Waals surface area contributed by atoms with Crippen LogP contribution in [0.4, 0.5) is 17.1 Å². The van der Waals surface area contributed by atoms with Crippen LogP contribution < -0.4 is 19.8 Å². The number of hydrogen-bond acceptors (Lipinski definition) is 11. The van der Waals surface area contributed by atoms with Crippen LogP contribution in [-0.4, -0.2) is 52.1 Å². The highest BCUT2D eigenvalue weighted by molar-refractivity contribution is 8.00. The second-order valence-corrected chi connectivity index (χ2v) is 15.2. The molecule has 2 N–H and O–H groups in total. The molecule has 15 heteroatoms. The first kappa shape index (κ1) is 32.9. The lowest BCUT2D eigenvalue weighted by atomic mass is 9.68. The van der Waals surface area contributed by atoms with Crippen molar-refractivity contribution in [2.75, 3.05) is 23.4 Å². The minimum absolute atomic E-state index is 0.0295. The standard InChI is InChI=1S/C36H30N4O9S2/c1-2-48-35(44)17-6-8-19(9-7-17)37-25(41)16-49-22-5-3-4-18(14-22)26-27-23-15-24(30(27)50-32-31(26)51-36(45)38-32)29-28(23)33(42)39(34(29)43)20-10-12-21(13-11-20)40(46)47/h3-14,23-24,26-30H,2,15-16H2,1H3,(H,37,41)(H,38,45)/t23-,24-,26+,27-,28+,29+,30-/m1/s1. The maximum absolute atomic E-state index is 14.0. The number of H-pyrrole nitrogens is 1. The summed E-state index contributed by atoms with van der Waals surface area (Å²) >= 11 is 2.72. The van der Waals surface area contributed by atoms with Crippen molar-refractivity contribution in [3.05, 3.63) is 109 Å². The second-order valence-electron chi connectivity index (χ2n) is 13.0. The van der Waals surface area contributed by atoms with Gasteiger partial charge in [-0.3, -0.25) is 34.2 Å². The van der Waals surface area contributed by atoms with Crippen molar-refractivity contribution in [1.29, 1.82) is 0 Å². The molecule has 3 fully saturated rings. The Morgan fingerprint density at radius 1 is 1.00 bits per heavy atom. The van der Waals surface area contributed by atoms with E-state index in [4.69, 9.17) is 9.47 Å². The Bertz CT molecular complexity index is 2150. The predicted molar refractivity (Wildman–Crippen MR) is 187 cm³/mol. The zero-order valence-corrected chi connectivity index (χ0v) is 28.6. The molecule has 13 nitrogen and oxygen atoms in total. The van der Waals surface area contributed by atoms with E-state index in [-0.39, 0.29) is 64.5 Å². The van der Waals surface area contributed by atoms with Crippen molar-refractivity contribution < 1.29 is 33.6 Å². The Kier molecular flexibility index (Phi) is 8.26. The van der Waals surface area contributed by atoms with Gasteiger partial charge in [0.1, 0.15) is 5.75 Å². The summed E-state index contributed by atoms with van der Waals surface area (Å²) in [7, 11) is 0. The molecule has 3 aromatic carbocycles. The number of thioether (sulfide) groups is 1. The van der Waals surface area contributed by atoms with Crippen molar-refractivity contribution in [3.8, 4) is 5.75 Å². The van der Waals surface area contributed by atoms with E-state index in [0.717, 1.165) is 26.8 Å². The van der Waals surface area contributed by atoms with Crippen LogP contribution in [-0.2, 0) is 19.1 Å². The molecule has 7 atom stereocenters. The smallest absolute Gasteiger partial charge is 0.338 e. The third-order valence-corrected chi connectivity index (χ3v) is 12.9. The number of fused-ring (bicyclic) bond motifs is 9. The maximum atomic E-state index is 14.0. The van der Waals surface area contributed by atoms with E-state index in [1.165, 1.54) is 29.2 Å². The van der Waals surface area contributed by atoms with Gasteiger partial charge in [0.15, 0.2) is 6.61 Å². The Morgan fingerprint density at radius 2 is 1.73 bits per heavy atom. The lowest BCUT2D eigenvalue weighted by molar-refractivity contribution is -0.384. The maximum Gasteiger partial charge on any atom is 0.338 e. The highest BCUT2D eigenvalue weighted by Gasteiger charge is 2.69. The minimum Gasteiger partial charge on any atom is -0.484 e. The summed E-state index contributed by atoms with van der Waals surface area (Å²) in [6.45, 7) is 1.71. The summed E-state index contributed by atoms with van der Waals surface area (Å²) in [6.07, 6.45) is 0.704. The number of esters is 1. The molecular formula is C36H30N4O9S2. The van der Waals surface area contributed by atoms with Gasteiger partial charge in [-0.05, 0) is 85.2 Å². The Morgan fingerprint density at radius 3 is 2.43 bits per heavy atom. The summed E-state index contributed by atoms with van der Waals surface area (Å²) < 4.78 is 10.9. The molecule has 0 spiro atoms. The average Bonchev–Trinajstić information content (AvgIpc) is 3.86. The van der Waals surface area contributed by atoms with Crippen molar-refractivity contribution in [1.82, 2.24) is 4.98 Å². The predicted octanol–water partition coefficient (Wildman–Crippen LogP) is 5.22. The zero-order valence-electron chi connectivity index (χ0n) is 27.0. The fourth-order valence-corrected chi connectivity index (χ4v) is 11.3. The van der Waals surface area contributed by atoms with Gasteiger partial charge in [-0.1, -0.05) is 23.5 Å². The Balaban J connectivity index is 1.03. The van der Waals surface area contributed by atoms with Gasteiger partial charge in [-0.2, -0.15) is 0 Å². The highest BCUT2D eigenvalue weighted by atomic mass is 32.2. The van der Waals surface area contributed by atoms with Gasteiger partial charge in [-0.15, -0.1) is 11.8 Å². The number of nitrogens with one attached hydrogen (secondary N) is 2. The molecule has 8 rings (SSSR count). The molecule has 1 aromatic heterocycles. The number of ether oxygens (including phenoxy) is 2. The summed E-state index contributed by atoms with van der Waals surface area (Å²) in [5.41, 5.74) is 1.94. The number of imide groups is 1. The van der Waals surface area contributed by atoms with Gasteiger partial charge in [0.05, 0.1) is 39.6 Å². The number of non-ortho nitro benzene ring substituents is 1. The molecule has 260 valence electrons. The number of nitrogens with zero attached hydrogens (tertiary/aromatic N) is 2. The normalized spacial score (nSPS) is 25.6. The van der Waals surface area contributed by atoms with Crippen LogP contribution in [0.2, 0.25) is 0 Å². The van der Waals surface area contributed by atoms with Crippen molar-refractivity contribution in [2.24, 2.45) is 29.6 Å². The van der Waals surface area contributed by atoms with E-state index in [1.54, 1.807) is 49.0 Å². The van der Waals surface area contributed by atoms with Gasteiger partial charge in [-0.25, -0.2) is 4.79 Å². The van der Waals surface area contributed by atoms with E-state index in [9.17, 15) is 34.1 Å². The number of nitro benzene ring substituents is 1. The van der Waals surface area contributed by atoms with Crippen LogP contribution in [0.15, 0.2) is 82.6 Å². The lowest BCUT2D eigenvalue weighted by Gasteiger charge is -2.43. The van der Waals surface area contributed by atoms with E-state index in [2.05, 4.69) is 10.3 Å². The number of aromatic amines is 1. The van der Waals surface area contributed by atoms with E-state index in [1.807, 2.05) is 18.2 Å². The van der Waals surface area contributed by atoms with Crippen LogP contribution in [0.5, 0.6) is 5.75 Å². The summed E-state index contributed by atoms with van der Waals surface area (Å²) in [5.74, 6) is -2.53. The molecule has 2 bridgehead atoms. The van der Waals surface area contributed by atoms with Crippen molar-refractivity contribution in [3.63, 3.8) is 0 Å². The molecule has 3 amide bonds. The molecule has 0 unspecified atom stereocenters. The fourth-order valence-electron chi connectivity index (χ4n) is 8.42. The number of rotatable bonds is 9. The SMILES string of the molecule is CCOC(=O)c1ccc(NC(=O)COc2cccc([C@@H]3c4sc(=O)[nH]c4S[C@@H]4[C@@H]5C[C@@H]([C@@H]6C(=O)N(c7ccc([N+](=O)[O-])cc7)C(=O)[C@@H]56)[C@H]34)c2)cc1. The Hall–Kier alpha value is -5.28. The average molecular weight is 727 g/mol. The van der Waals surface area contributed by atoms with E-state index in [0.29, 0.717) is 29.1 Å². The van der Waals surface area contributed by atoms with Gasteiger partial charge in [0, 0.05) is 33.9 Å². The number of amides is 3. The third kappa shape index (κ3) is 5.60. The molecule has 51 heavy (non-hydrogen) atoms. The summed E-state index contributed by atoms with van der Waals surface area (Å²) in [6, 6.07) is 19.2. The molecule has 2 aliphatic carbocycles. The molecule has 4 aliphatic rings. The molecular weight excluding hydrogens is 697 g/mol. The first-order valence-electron chi connectivity index (χ1n) is 16.4. The van der Waals surface area contributed by atoms with Crippen LogP contribution in [0.3, 0.4) is 0 Å². The second kappa shape index (κ2) is 12.8. The summed E-state index contributed by atoms with van der Waals surface area (Å²) in [5, 5.41) is 14.7. The van der Waals surface area contributed by atoms with E-state index < -0.39 is 28.6 Å². The van der Waals surface area contributed by atoms with Crippen LogP contribution in [0.1, 0.15) is 40.1 Å². The number of carbonyl (C=O) groups excluding carboxylic acids is 4. The van der Waals surface area contributed by atoms with Gasteiger partial charge >= 0.3 is 10.8 Å². The van der Waals surface area contributed by atoms with Crippen molar-refractivity contribution in [2.45, 2.75) is 29.5 Å². The number of aromatic nitrogens is 1. The largest absolute Gasteiger partial charge is 0.484 e. The van der Waals surface area contributed by atoms with Crippen LogP contribution in [0, 0.1) is 39.7 Å². The molecule has 3 heterocycles. The number of carbonyl (C=O) groups is 4. The third-order valence-electron chi connectivity index (χ3n) is 10.3. The topological polar surface area (TPSA) is 178 Å². The fraction of sp³-hybridized carbons (Fsp3) is 0.306. The number of thiazole rings is 1. The number of anilines is 2. The number of nitro groups is 1. The van der Waals surface area contributed by atoms with Crippen LogP contribution >= 0.6 is 23.1 Å². The first-order valence-corrected chi connectivity index (χ1v) is 18.1. The highest BCUT2D eigenvalue weighted by Crippen LogP contribution is 2.68. The van der Waals surface area contributed by atoms with E-state index >= 15 is 0 Å².